The number of hydrogen-bond donors (Lipinski definition) is 8. The number of aliphatic hydroxyl groups is 5. The number of aliphatic carboxylic acids is 2. The molecular weight excluding hydrogens is 488 g/mol. The Labute approximate surface area is 194 Å². The minimum atomic E-state index is -1.96. The molecule has 9 N–H and O–H groups in total. The van der Waals surface area contributed by atoms with Gasteiger partial charge in [-0.25, -0.2) is 4.79 Å². The van der Waals surface area contributed by atoms with E-state index < -0.39 is 61.4 Å². The van der Waals surface area contributed by atoms with Gasteiger partial charge in [0.1, 0.15) is 24.4 Å². The van der Waals surface area contributed by atoms with Crippen LogP contribution in [0.3, 0.4) is 0 Å². The molecule has 14 heteroatoms. The second-order valence-electron chi connectivity index (χ2n) is 5.93. The predicted molar refractivity (Wildman–Crippen MR) is 103 cm³/mol. The van der Waals surface area contributed by atoms with Gasteiger partial charge in [0.05, 0.1) is 19.6 Å². The van der Waals surface area contributed by atoms with E-state index in [4.69, 9.17) is 39.9 Å². The van der Waals surface area contributed by atoms with Crippen molar-refractivity contribution in [3.8, 4) is 5.75 Å². The average Bonchev–Trinajstić information content (AvgIpc) is 2.78. The van der Waals surface area contributed by atoms with Crippen LogP contribution in [0.2, 0.25) is 0 Å². The molecule has 179 valence electrons. The van der Waals surface area contributed by atoms with Gasteiger partial charge in [0.15, 0.2) is 6.10 Å². The minimum absolute atomic E-state index is 0.0151. The SMILES string of the molecule is CCOC(=O)[C@H](O)[C@@H](O)[C@H](O)[C@H](O)CO.N[C@@H](CC(=O)O)C(=O)O.[Zn][O]c1ccccc1. The maximum atomic E-state index is 10.9. The number of carboxylic acids is 2. The summed E-state index contributed by atoms with van der Waals surface area (Å²) in [6, 6.07) is 8.51. The zero-order valence-corrected chi connectivity index (χ0v) is 20.3. The quantitative estimate of drug-likeness (QED) is 0.118. The molecule has 0 radical (unpaired) electrons. The van der Waals surface area contributed by atoms with Gasteiger partial charge in [-0.1, -0.05) is 0 Å². The van der Waals surface area contributed by atoms with Gasteiger partial charge in [0.25, 0.3) is 0 Å². The first kappa shape index (κ1) is 32.0. The summed E-state index contributed by atoms with van der Waals surface area (Å²) in [5.41, 5.74) is 4.84. The van der Waals surface area contributed by atoms with Gasteiger partial charge in [-0.3, -0.25) is 9.59 Å². The zero-order valence-electron chi connectivity index (χ0n) is 17.4. The third-order valence-electron chi connectivity index (χ3n) is 3.40. The first-order valence-corrected chi connectivity index (χ1v) is 10.3. The Kier molecular flexibility index (Phi) is 18.4. The fourth-order valence-corrected chi connectivity index (χ4v) is 2.09. The van der Waals surface area contributed by atoms with E-state index in [1.165, 1.54) is 6.92 Å². The van der Waals surface area contributed by atoms with E-state index in [-0.39, 0.29) is 6.61 Å². The predicted octanol–water partition coefficient (Wildman–Crippen LogP) is -2.61. The van der Waals surface area contributed by atoms with Crippen LogP contribution in [0.1, 0.15) is 13.3 Å². The Bertz CT molecular complexity index is 663. The first-order chi connectivity index (χ1) is 14.9. The molecule has 0 aliphatic carbocycles. The molecule has 1 aromatic carbocycles. The van der Waals surface area contributed by atoms with Gasteiger partial charge < -0.3 is 46.2 Å². The van der Waals surface area contributed by atoms with Crippen LogP contribution in [0.15, 0.2) is 30.3 Å². The molecule has 5 atom stereocenters. The number of aliphatic hydroxyl groups excluding tert-OH is 5. The summed E-state index contributed by atoms with van der Waals surface area (Å²) in [6.45, 7) is 0.727. The fraction of sp³-hybridized carbons (Fsp3) is 0.500. The van der Waals surface area contributed by atoms with Crippen LogP contribution < -0.4 is 9.30 Å². The monoisotopic (exact) mass is 514 g/mol. The zero-order chi connectivity index (χ0) is 25.3. The van der Waals surface area contributed by atoms with Gasteiger partial charge >= 0.3 is 76.2 Å². The average molecular weight is 516 g/mol. The van der Waals surface area contributed by atoms with E-state index in [0.29, 0.717) is 0 Å². The third-order valence-corrected chi connectivity index (χ3v) is 4.10. The number of ether oxygens (including phenoxy) is 1. The number of rotatable bonds is 10. The normalized spacial score (nSPS) is 14.7. The molecule has 0 spiro atoms. The van der Waals surface area contributed by atoms with E-state index in [1.807, 2.05) is 30.3 Å². The number of esters is 1. The topological polar surface area (TPSA) is 237 Å². The first-order valence-electron chi connectivity index (χ1n) is 9.09. The number of carboxylic acid groups (broad SMARTS) is 2. The molecule has 0 aromatic heterocycles. The van der Waals surface area contributed by atoms with Crippen molar-refractivity contribution in [1.82, 2.24) is 0 Å². The summed E-state index contributed by atoms with van der Waals surface area (Å²) in [4.78, 5) is 30.5. The van der Waals surface area contributed by atoms with E-state index in [1.54, 1.807) is 0 Å². The van der Waals surface area contributed by atoms with Crippen LogP contribution in [0, 0.1) is 0 Å². The van der Waals surface area contributed by atoms with Crippen molar-refractivity contribution in [2.75, 3.05) is 13.2 Å². The molecule has 0 aliphatic rings. The van der Waals surface area contributed by atoms with Crippen molar-refractivity contribution < 1.29 is 77.1 Å². The molecule has 0 aliphatic heterocycles. The molecular formula is C18H28NO12Zn. The molecule has 0 bridgehead atoms. The van der Waals surface area contributed by atoms with Crippen LogP contribution in [-0.2, 0) is 37.8 Å². The van der Waals surface area contributed by atoms with Crippen LogP contribution >= 0.6 is 0 Å². The molecule has 0 fully saturated rings. The van der Waals surface area contributed by atoms with E-state index >= 15 is 0 Å². The molecule has 1 rings (SSSR count). The summed E-state index contributed by atoms with van der Waals surface area (Å²) in [6.07, 6.45) is -7.86. The van der Waals surface area contributed by atoms with Crippen molar-refractivity contribution >= 4 is 17.9 Å². The maximum absolute atomic E-state index is 10.9. The summed E-state index contributed by atoms with van der Waals surface area (Å²) in [5, 5.41) is 60.9. The van der Waals surface area contributed by atoms with Crippen molar-refractivity contribution in [2.24, 2.45) is 5.73 Å². The van der Waals surface area contributed by atoms with Crippen LogP contribution in [0.25, 0.3) is 0 Å². The summed E-state index contributed by atoms with van der Waals surface area (Å²) < 4.78 is 9.42. The molecule has 0 saturated carbocycles. The van der Waals surface area contributed by atoms with Gasteiger partial charge in [0.2, 0.25) is 0 Å². The van der Waals surface area contributed by atoms with Crippen molar-refractivity contribution in [3.63, 3.8) is 0 Å². The van der Waals surface area contributed by atoms with Gasteiger partial charge in [0, 0.05) is 0 Å². The summed E-state index contributed by atoms with van der Waals surface area (Å²) >= 11 is 0.865. The molecule has 0 heterocycles. The molecule has 0 saturated heterocycles. The standard InChI is InChI=1S/C8H16O7.C6H6O.C4H7NO4.Zn/c1-2-15-8(14)7(13)6(12)5(11)4(10)3-9;7-6-4-2-1-3-5-6;5-2(4(8)9)1-3(6)7;/h4-7,9-13H,2-3H2,1H3;1-5,7H;2H,1,5H2,(H,6,7)(H,8,9);/q;;;+1/p-1/t4-,5-,6+,7-;;2-;/m1.0./s1. The van der Waals surface area contributed by atoms with Crippen LogP contribution in [0.4, 0.5) is 0 Å². The molecule has 0 unspecified atom stereocenters. The van der Waals surface area contributed by atoms with Gasteiger partial charge in [-0.05, 0) is 6.92 Å². The second kappa shape index (κ2) is 18.4. The second-order valence-corrected chi connectivity index (χ2v) is 6.53. The number of para-hydroxylation sites is 1. The van der Waals surface area contributed by atoms with E-state index in [9.17, 15) is 19.5 Å². The Morgan fingerprint density at radius 1 is 1.03 bits per heavy atom. The number of carbonyl (C=O) groups excluding carboxylic acids is 1. The third kappa shape index (κ3) is 14.8. The Balaban J connectivity index is 0. The summed E-state index contributed by atoms with van der Waals surface area (Å²) in [7, 11) is 0. The molecule has 1 aromatic rings. The Hall–Kier alpha value is -2.19. The van der Waals surface area contributed by atoms with E-state index in [0.717, 1.165) is 24.4 Å². The number of nitrogens with two attached hydrogens (primary N) is 1. The molecule has 32 heavy (non-hydrogen) atoms. The van der Waals surface area contributed by atoms with Crippen molar-refractivity contribution in [2.45, 2.75) is 43.8 Å². The number of carbonyl (C=O) groups is 3. The van der Waals surface area contributed by atoms with Crippen molar-refractivity contribution in [1.29, 1.82) is 0 Å². The van der Waals surface area contributed by atoms with Gasteiger partial charge in [-0.2, -0.15) is 0 Å². The summed E-state index contributed by atoms with van der Waals surface area (Å²) in [5.74, 6) is -2.64. The Morgan fingerprint density at radius 3 is 1.88 bits per heavy atom. The fourth-order valence-electron chi connectivity index (χ4n) is 1.68. The van der Waals surface area contributed by atoms with E-state index in [2.05, 4.69) is 4.74 Å². The molecule has 0 amide bonds. The van der Waals surface area contributed by atoms with Crippen LogP contribution in [0.5, 0.6) is 5.75 Å². The Morgan fingerprint density at radius 2 is 1.56 bits per heavy atom. The van der Waals surface area contributed by atoms with Crippen molar-refractivity contribution in [3.05, 3.63) is 30.3 Å². The number of benzene rings is 1. The van der Waals surface area contributed by atoms with Gasteiger partial charge in [-0.15, -0.1) is 0 Å². The number of hydrogen-bond acceptors (Lipinski definition) is 11. The van der Waals surface area contributed by atoms with Crippen LogP contribution in [-0.4, -0.2) is 97.3 Å². The molecule has 13 nitrogen and oxygen atoms in total.